The van der Waals surface area contributed by atoms with Crippen LogP contribution in [0.2, 0.25) is 0 Å². The smallest absolute Gasteiger partial charge is 0.172 e. The van der Waals surface area contributed by atoms with E-state index >= 15 is 0 Å². The molecule has 0 spiro atoms. The maximum absolute atomic E-state index is 5.74. The minimum absolute atomic E-state index is 0.724. The fourth-order valence-electron chi connectivity index (χ4n) is 1.59. The predicted octanol–water partition coefficient (Wildman–Crippen LogP) is 3.45. The fraction of sp³-hybridized carbons (Fsp3) is 0. The molecule has 2 aromatic heterocycles. The van der Waals surface area contributed by atoms with Crippen LogP contribution in [0.25, 0.3) is 11.0 Å². The lowest BCUT2D eigenvalue weighted by molar-refractivity contribution is 1.05. The molecular weight excluding hydrogens is 312 g/mol. The molecule has 6 heteroatoms. The van der Waals surface area contributed by atoms with E-state index in [4.69, 9.17) is 5.73 Å². The Morgan fingerprint density at radius 2 is 2.17 bits per heavy atom. The molecule has 0 aliphatic rings. The van der Waals surface area contributed by atoms with Crippen LogP contribution in [0.3, 0.4) is 0 Å². The van der Waals surface area contributed by atoms with E-state index in [2.05, 4.69) is 30.9 Å². The molecule has 0 atom stereocenters. The lowest BCUT2D eigenvalue weighted by Crippen LogP contribution is -1.82. The highest BCUT2D eigenvalue weighted by Crippen LogP contribution is 2.31. The monoisotopic (exact) mass is 320 g/mol. The normalized spacial score (nSPS) is 10.9. The zero-order chi connectivity index (χ0) is 12.5. The fourth-order valence-corrected chi connectivity index (χ4v) is 2.86. The summed E-state index contributed by atoms with van der Waals surface area (Å²) in [6.45, 7) is 0. The highest BCUT2D eigenvalue weighted by molar-refractivity contribution is 9.10. The van der Waals surface area contributed by atoms with Crippen molar-refractivity contribution < 1.29 is 0 Å². The van der Waals surface area contributed by atoms with Gasteiger partial charge in [0.05, 0.1) is 15.5 Å². The molecule has 0 bridgehead atoms. The van der Waals surface area contributed by atoms with Crippen molar-refractivity contribution in [1.29, 1.82) is 0 Å². The minimum atomic E-state index is 0.724. The van der Waals surface area contributed by atoms with E-state index in [1.165, 1.54) is 11.8 Å². The second-order valence-corrected chi connectivity index (χ2v) is 5.54. The minimum Gasteiger partial charge on any atom is -0.399 e. The first kappa shape index (κ1) is 11.6. The van der Waals surface area contributed by atoms with Crippen LogP contribution in [-0.4, -0.2) is 15.0 Å². The number of nitrogens with zero attached hydrogens (tertiary/aromatic N) is 2. The molecule has 1 aromatic carbocycles. The number of aromatic nitrogens is 3. The summed E-state index contributed by atoms with van der Waals surface area (Å²) in [5.74, 6) is 0. The number of aromatic amines is 1. The third-order valence-corrected chi connectivity index (χ3v) is 4.21. The standard InChI is InChI=1S/C12H9BrN4S/c13-8-2-1-5-15-11(8)18-12-16-9-4-3-7(14)6-10(9)17-12/h1-6H,14H2,(H,16,17). The van der Waals surface area contributed by atoms with Crippen molar-refractivity contribution in [3.05, 3.63) is 41.0 Å². The number of H-pyrrole nitrogens is 1. The van der Waals surface area contributed by atoms with Gasteiger partial charge >= 0.3 is 0 Å². The van der Waals surface area contributed by atoms with Crippen molar-refractivity contribution in [3.63, 3.8) is 0 Å². The van der Waals surface area contributed by atoms with Crippen LogP contribution in [-0.2, 0) is 0 Å². The molecule has 4 nitrogen and oxygen atoms in total. The lowest BCUT2D eigenvalue weighted by Gasteiger charge is -1.98. The summed E-state index contributed by atoms with van der Waals surface area (Å²) in [6, 6.07) is 9.45. The molecule has 0 unspecified atom stereocenters. The lowest BCUT2D eigenvalue weighted by atomic mass is 10.3. The second kappa shape index (κ2) is 4.62. The highest BCUT2D eigenvalue weighted by atomic mass is 79.9. The van der Waals surface area contributed by atoms with E-state index < -0.39 is 0 Å². The van der Waals surface area contributed by atoms with Gasteiger partial charge in [-0.25, -0.2) is 9.97 Å². The quantitative estimate of drug-likeness (QED) is 0.709. The van der Waals surface area contributed by atoms with Crippen LogP contribution in [0.15, 0.2) is 51.2 Å². The SMILES string of the molecule is Nc1ccc2nc(Sc3ncccc3Br)[nH]c2c1. The van der Waals surface area contributed by atoms with Gasteiger partial charge in [-0.2, -0.15) is 0 Å². The Morgan fingerprint density at radius 3 is 3.00 bits per heavy atom. The van der Waals surface area contributed by atoms with Crippen LogP contribution >= 0.6 is 27.7 Å². The largest absolute Gasteiger partial charge is 0.399 e. The molecule has 90 valence electrons. The van der Waals surface area contributed by atoms with Crippen molar-refractivity contribution in [2.45, 2.75) is 10.2 Å². The Balaban J connectivity index is 1.98. The molecule has 0 fully saturated rings. The number of imidazole rings is 1. The van der Waals surface area contributed by atoms with Gasteiger partial charge in [-0.1, -0.05) is 0 Å². The number of nitrogen functional groups attached to an aromatic ring is 1. The van der Waals surface area contributed by atoms with Gasteiger partial charge in [-0.15, -0.1) is 0 Å². The van der Waals surface area contributed by atoms with Crippen molar-refractivity contribution in [1.82, 2.24) is 15.0 Å². The molecule has 2 heterocycles. The molecule has 3 N–H and O–H groups in total. The maximum atomic E-state index is 5.74. The van der Waals surface area contributed by atoms with Gasteiger partial charge in [0.2, 0.25) is 0 Å². The summed E-state index contributed by atoms with van der Waals surface area (Å²) in [5.41, 5.74) is 8.30. The number of pyridine rings is 1. The molecule has 0 saturated heterocycles. The van der Waals surface area contributed by atoms with Crippen LogP contribution in [0.5, 0.6) is 0 Å². The first-order valence-corrected chi connectivity index (χ1v) is 6.87. The molecule has 0 aliphatic carbocycles. The van der Waals surface area contributed by atoms with E-state index in [0.29, 0.717) is 0 Å². The Labute approximate surface area is 116 Å². The number of nitrogens with one attached hydrogen (secondary N) is 1. The van der Waals surface area contributed by atoms with Crippen molar-refractivity contribution in [2.75, 3.05) is 5.73 Å². The topological polar surface area (TPSA) is 67.6 Å². The molecule has 3 aromatic rings. The van der Waals surface area contributed by atoms with Gasteiger partial charge in [0.25, 0.3) is 0 Å². The average Bonchev–Trinajstić information content (AvgIpc) is 2.73. The summed E-state index contributed by atoms with van der Waals surface area (Å²) in [5, 5.41) is 1.68. The number of halogens is 1. The first-order chi connectivity index (χ1) is 8.72. The molecule has 0 amide bonds. The van der Waals surface area contributed by atoms with E-state index in [-0.39, 0.29) is 0 Å². The molecule has 0 radical (unpaired) electrons. The van der Waals surface area contributed by atoms with Crippen LogP contribution < -0.4 is 5.73 Å². The summed E-state index contributed by atoms with van der Waals surface area (Å²) >= 11 is 4.94. The summed E-state index contributed by atoms with van der Waals surface area (Å²) < 4.78 is 0.954. The predicted molar refractivity (Wildman–Crippen MR) is 76.6 cm³/mol. The number of benzene rings is 1. The number of nitrogens with two attached hydrogens (primary N) is 1. The van der Waals surface area contributed by atoms with Gasteiger partial charge in [0, 0.05) is 11.9 Å². The third kappa shape index (κ3) is 2.21. The van der Waals surface area contributed by atoms with Crippen molar-refractivity contribution in [2.24, 2.45) is 0 Å². The average molecular weight is 321 g/mol. The molecule has 18 heavy (non-hydrogen) atoms. The van der Waals surface area contributed by atoms with Gasteiger partial charge in [-0.3, -0.25) is 0 Å². The Hall–Kier alpha value is -1.53. The third-order valence-electron chi connectivity index (χ3n) is 2.40. The van der Waals surface area contributed by atoms with Crippen LogP contribution in [0.1, 0.15) is 0 Å². The number of hydrogen-bond acceptors (Lipinski definition) is 4. The van der Waals surface area contributed by atoms with Gasteiger partial charge in [0.15, 0.2) is 5.16 Å². The first-order valence-electron chi connectivity index (χ1n) is 5.26. The summed E-state index contributed by atoms with van der Waals surface area (Å²) in [4.78, 5) is 12.0. The number of rotatable bonds is 2. The van der Waals surface area contributed by atoms with Gasteiger partial charge < -0.3 is 10.7 Å². The zero-order valence-electron chi connectivity index (χ0n) is 9.22. The van der Waals surface area contributed by atoms with Gasteiger partial charge in [-0.05, 0) is 58.0 Å². The number of anilines is 1. The van der Waals surface area contributed by atoms with Crippen LogP contribution in [0, 0.1) is 0 Å². The van der Waals surface area contributed by atoms with Crippen molar-refractivity contribution >= 4 is 44.4 Å². The summed E-state index contributed by atoms with van der Waals surface area (Å²) in [7, 11) is 0. The molecule has 0 saturated carbocycles. The number of hydrogen-bond donors (Lipinski definition) is 2. The van der Waals surface area contributed by atoms with E-state index in [9.17, 15) is 0 Å². The van der Waals surface area contributed by atoms with E-state index in [1.54, 1.807) is 6.20 Å². The van der Waals surface area contributed by atoms with Crippen LogP contribution in [0.4, 0.5) is 5.69 Å². The molecule has 3 rings (SSSR count). The Bertz CT molecular complexity index is 710. The second-order valence-electron chi connectivity index (χ2n) is 3.71. The maximum Gasteiger partial charge on any atom is 0.172 e. The Kier molecular flexibility index (Phi) is 2.97. The summed E-state index contributed by atoms with van der Waals surface area (Å²) in [6.07, 6.45) is 1.76. The molecular formula is C12H9BrN4S. The van der Waals surface area contributed by atoms with E-state index in [1.807, 2.05) is 30.3 Å². The zero-order valence-corrected chi connectivity index (χ0v) is 11.6. The number of fused-ring (bicyclic) bond motifs is 1. The van der Waals surface area contributed by atoms with E-state index in [0.717, 1.165) is 31.4 Å². The highest BCUT2D eigenvalue weighted by Gasteiger charge is 2.08. The van der Waals surface area contributed by atoms with Gasteiger partial charge in [0.1, 0.15) is 5.03 Å². The molecule has 0 aliphatic heterocycles. The Morgan fingerprint density at radius 1 is 1.28 bits per heavy atom. The van der Waals surface area contributed by atoms with Crippen molar-refractivity contribution in [3.8, 4) is 0 Å².